The molecule has 0 saturated heterocycles. The summed E-state index contributed by atoms with van der Waals surface area (Å²) in [5.74, 6) is -0.161. The van der Waals surface area contributed by atoms with Gasteiger partial charge in [0, 0.05) is 30.5 Å². The van der Waals surface area contributed by atoms with E-state index in [-0.39, 0.29) is 36.9 Å². The molecule has 0 saturated carbocycles. The van der Waals surface area contributed by atoms with Gasteiger partial charge in [0.1, 0.15) is 0 Å². The summed E-state index contributed by atoms with van der Waals surface area (Å²) >= 11 is 0. The highest BCUT2D eigenvalue weighted by molar-refractivity contribution is 5.97. The number of benzene rings is 1. The van der Waals surface area contributed by atoms with Crippen molar-refractivity contribution in [3.05, 3.63) is 35.9 Å². The van der Waals surface area contributed by atoms with Gasteiger partial charge in [-0.15, -0.1) is 12.4 Å². The lowest BCUT2D eigenvalue weighted by Crippen LogP contribution is -2.48. The van der Waals surface area contributed by atoms with Gasteiger partial charge in [-0.1, -0.05) is 30.3 Å². The van der Waals surface area contributed by atoms with Crippen molar-refractivity contribution in [2.75, 3.05) is 6.54 Å². The first kappa shape index (κ1) is 17.6. The van der Waals surface area contributed by atoms with Crippen molar-refractivity contribution in [1.82, 2.24) is 5.32 Å². The number of carbonyl (C=O) groups excluding carboxylic acids is 2. The van der Waals surface area contributed by atoms with Crippen LogP contribution >= 0.6 is 12.4 Å². The van der Waals surface area contributed by atoms with Gasteiger partial charge < -0.3 is 11.1 Å². The molecule has 19 heavy (non-hydrogen) atoms. The van der Waals surface area contributed by atoms with E-state index < -0.39 is 5.54 Å². The summed E-state index contributed by atoms with van der Waals surface area (Å²) in [6, 6.07) is 8.98. The van der Waals surface area contributed by atoms with E-state index >= 15 is 0 Å². The number of carbonyl (C=O) groups is 2. The van der Waals surface area contributed by atoms with Gasteiger partial charge in [-0.2, -0.15) is 0 Å². The van der Waals surface area contributed by atoms with Gasteiger partial charge in [0.2, 0.25) is 5.91 Å². The van der Waals surface area contributed by atoms with E-state index in [2.05, 4.69) is 5.32 Å². The Bertz CT molecular complexity index is 419. The highest BCUT2D eigenvalue weighted by Crippen LogP contribution is 2.06. The van der Waals surface area contributed by atoms with Crippen molar-refractivity contribution in [2.45, 2.75) is 32.2 Å². The Morgan fingerprint density at radius 3 is 2.26 bits per heavy atom. The summed E-state index contributed by atoms with van der Waals surface area (Å²) in [6.45, 7) is 4.07. The zero-order valence-electron chi connectivity index (χ0n) is 11.3. The summed E-state index contributed by atoms with van der Waals surface area (Å²) in [5.41, 5.74) is 5.74. The summed E-state index contributed by atoms with van der Waals surface area (Å²) in [6.07, 6.45) is 0.410. The van der Waals surface area contributed by atoms with E-state index in [4.69, 9.17) is 5.73 Å². The van der Waals surface area contributed by atoms with Gasteiger partial charge in [-0.25, -0.2) is 0 Å². The maximum atomic E-state index is 11.8. The number of rotatable bonds is 6. The van der Waals surface area contributed by atoms with E-state index in [1.807, 2.05) is 32.0 Å². The molecule has 4 nitrogen and oxygen atoms in total. The second-order valence-electron chi connectivity index (χ2n) is 4.93. The molecule has 0 atom stereocenters. The molecule has 5 heteroatoms. The molecular formula is C14H21ClN2O2. The third kappa shape index (κ3) is 6.36. The summed E-state index contributed by atoms with van der Waals surface area (Å²) in [5, 5.41) is 2.80. The summed E-state index contributed by atoms with van der Waals surface area (Å²) in [7, 11) is 0. The molecule has 1 aromatic carbocycles. The topological polar surface area (TPSA) is 72.2 Å². The highest BCUT2D eigenvalue weighted by atomic mass is 35.5. The van der Waals surface area contributed by atoms with Crippen LogP contribution in [0.5, 0.6) is 0 Å². The number of nitrogens with two attached hydrogens (primary N) is 1. The first-order valence-electron chi connectivity index (χ1n) is 6.04. The molecule has 1 rings (SSSR count). The number of halogens is 1. The molecule has 1 amide bonds. The van der Waals surface area contributed by atoms with E-state index in [9.17, 15) is 9.59 Å². The molecule has 0 aliphatic rings. The van der Waals surface area contributed by atoms with Crippen LogP contribution in [0.3, 0.4) is 0 Å². The standard InChI is InChI=1S/C14H20N2O2.ClH/c1-14(2,10-15)16-13(18)9-8-12(17)11-6-4-3-5-7-11;/h3-7H,8-10,15H2,1-2H3,(H,16,18);1H. The zero-order valence-corrected chi connectivity index (χ0v) is 12.1. The lowest BCUT2D eigenvalue weighted by Gasteiger charge is -2.24. The highest BCUT2D eigenvalue weighted by Gasteiger charge is 2.18. The van der Waals surface area contributed by atoms with Crippen LogP contribution in [0.1, 0.15) is 37.0 Å². The molecule has 0 fully saturated rings. The van der Waals surface area contributed by atoms with Crippen LogP contribution in [0.15, 0.2) is 30.3 Å². The molecule has 106 valence electrons. The van der Waals surface area contributed by atoms with Crippen molar-refractivity contribution in [2.24, 2.45) is 5.73 Å². The van der Waals surface area contributed by atoms with Crippen molar-refractivity contribution in [1.29, 1.82) is 0 Å². The SMILES string of the molecule is CC(C)(CN)NC(=O)CCC(=O)c1ccccc1.Cl. The van der Waals surface area contributed by atoms with Crippen LogP contribution in [-0.2, 0) is 4.79 Å². The van der Waals surface area contributed by atoms with Crippen LogP contribution < -0.4 is 11.1 Å². The van der Waals surface area contributed by atoms with Crippen molar-refractivity contribution in [3.8, 4) is 0 Å². The van der Waals surface area contributed by atoms with Crippen LogP contribution in [0.4, 0.5) is 0 Å². The largest absolute Gasteiger partial charge is 0.350 e. The fourth-order valence-electron chi connectivity index (χ4n) is 1.49. The number of ketones is 1. The second-order valence-corrected chi connectivity index (χ2v) is 4.93. The van der Waals surface area contributed by atoms with Gasteiger partial charge in [0.25, 0.3) is 0 Å². The Kier molecular flexibility index (Phi) is 7.34. The number of Topliss-reactive ketones (excluding diaryl/α,β-unsaturated/α-hetero) is 1. The minimum Gasteiger partial charge on any atom is -0.350 e. The smallest absolute Gasteiger partial charge is 0.220 e. The zero-order chi connectivity index (χ0) is 13.6. The van der Waals surface area contributed by atoms with Gasteiger partial charge in [-0.3, -0.25) is 9.59 Å². The lowest BCUT2D eigenvalue weighted by atomic mass is 10.0. The average molecular weight is 285 g/mol. The van der Waals surface area contributed by atoms with Crippen LogP contribution in [0.25, 0.3) is 0 Å². The predicted octanol–water partition coefficient (Wildman–Crippen LogP) is 1.92. The molecule has 1 aromatic rings. The first-order valence-corrected chi connectivity index (χ1v) is 6.04. The first-order chi connectivity index (χ1) is 8.44. The van der Waals surface area contributed by atoms with Gasteiger partial charge in [0.05, 0.1) is 0 Å². The molecule has 0 heterocycles. The number of amides is 1. The quantitative estimate of drug-likeness (QED) is 0.784. The molecule has 0 radical (unpaired) electrons. The van der Waals surface area contributed by atoms with Gasteiger partial charge >= 0.3 is 0 Å². The third-order valence-corrected chi connectivity index (χ3v) is 2.66. The van der Waals surface area contributed by atoms with E-state index in [1.54, 1.807) is 12.1 Å². The van der Waals surface area contributed by atoms with E-state index in [1.165, 1.54) is 0 Å². The van der Waals surface area contributed by atoms with Gasteiger partial charge in [-0.05, 0) is 13.8 Å². The van der Waals surface area contributed by atoms with E-state index in [0.717, 1.165) is 0 Å². The number of nitrogens with one attached hydrogen (secondary N) is 1. The molecule has 0 spiro atoms. The average Bonchev–Trinajstić information content (AvgIpc) is 2.36. The second kappa shape index (κ2) is 7.92. The molecule has 0 bridgehead atoms. The lowest BCUT2D eigenvalue weighted by molar-refractivity contribution is -0.122. The van der Waals surface area contributed by atoms with Crippen LogP contribution in [-0.4, -0.2) is 23.8 Å². The number of hydrogen-bond donors (Lipinski definition) is 2. The van der Waals surface area contributed by atoms with Crippen LogP contribution in [0, 0.1) is 0 Å². The molecule has 0 aromatic heterocycles. The Morgan fingerprint density at radius 1 is 1.16 bits per heavy atom. The third-order valence-electron chi connectivity index (χ3n) is 2.66. The Labute approximate surface area is 120 Å². The Hall–Kier alpha value is -1.39. The minimum absolute atomic E-state index is 0. The Balaban J connectivity index is 0.00000324. The van der Waals surface area contributed by atoms with Crippen LogP contribution in [0.2, 0.25) is 0 Å². The summed E-state index contributed by atoms with van der Waals surface area (Å²) in [4.78, 5) is 23.4. The Morgan fingerprint density at radius 2 is 1.74 bits per heavy atom. The monoisotopic (exact) mass is 284 g/mol. The fraction of sp³-hybridized carbons (Fsp3) is 0.429. The van der Waals surface area contributed by atoms with Crippen molar-refractivity contribution >= 4 is 24.1 Å². The number of hydrogen-bond acceptors (Lipinski definition) is 3. The molecule has 0 aliphatic carbocycles. The maximum absolute atomic E-state index is 11.8. The fourth-order valence-corrected chi connectivity index (χ4v) is 1.49. The minimum atomic E-state index is -0.424. The molecule has 3 N–H and O–H groups in total. The maximum Gasteiger partial charge on any atom is 0.220 e. The van der Waals surface area contributed by atoms with Crippen molar-refractivity contribution < 1.29 is 9.59 Å². The summed E-state index contributed by atoms with van der Waals surface area (Å²) < 4.78 is 0. The van der Waals surface area contributed by atoms with E-state index in [0.29, 0.717) is 12.1 Å². The van der Waals surface area contributed by atoms with Gasteiger partial charge in [0.15, 0.2) is 5.78 Å². The molecule has 0 aliphatic heterocycles. The van der Waals surface area contributed by atoms with Crippen molar-refractivity contribution in [3.63, 3.8) is 0 Å². The molecular weight excluding hydrogens is 264 g/mol. The normalized spacial score (nSPS) is 10.5. The molecule has 0 unspecified atom stereocenters. The predicted molar refractivity (Wildman–Crippen MR) is 78.5 cm³/mol.